The maximum atomic E-state index is 6.89. The van der Waals surface area contributed by atoms with Crippen LogP contribution in [0.5, 0.6) is 0 Å². The quantitative estimate of drug-likeness (QED) is 0.0786. The summed E-state index contributed by atoms with van der Waals surface area (Å²) in [4.78, 5) is 5.26. The maximum absolute atomic E-state index is 6.89. The predicted octanol–water partition coefficient (Wildman–Crippen LogP) is 15.6. The number of rotatable bonds is 11. The highest BCUT2D eigenvalue weighted by Crippen LogP contribution is 2.44. The van der Waals surface area contributed by atoms with E-state index in [1.807, 2.05) is 30.3 Å². The standard InChI is InChI=1S/C64H49N3/c1-64(49-24-10-4-11-25-49,50-26-12-5-13-27-50)59-44-45(34-40-53(59)46-20-6-2-7-21-46)35-43-60(66-63(65)48-22-8-3-9-23-48)56-42-41-52(54-28-14-15-29-55(54)56)47-36-38-51(39-37-47)67-61-32-18-16-30-57(61)58-31-17-19-33-62(58)67/h2-34,36-44H,35H2,1H3,(H2,65,66)/b60-43-. The molecule has 0 saturated carbocycles. The Morgan fingerprint density at radius 2 is 0.970 bits per heavy atom. The molecule has 0 fully saturated rings. The Morgan fingerprint density at radius 1 is 0.478 bits per heavy atom. The van der Waals surface area contributed by atoms with Crippen LogP contribution in [0.1, 0.15) is 40.3 Å². The van der Waals surface area contributed by atoms with E-state index >= 15 is 0 Å². The largest absolute Gasteiger partial charge is 0.383 e. The van der Waals surface area contributed by atoms with Crippen molar-refractivity contribution in [2.75, 3.05) is 0 Å². The Balaban J connectivity index is 1.03. The zero-order valence-corrected chi connectivity index (χ0v) is 37.4. The van der Waals surface area contributed by atoms with Gasteiger partial charge in [0.05, 0.1) is 16.7 Å². The molecule has 0 spiro atoms. The van der Waals surface area contributed by atoms with Crippen molar-refractivity contribution >= 4 is 44.1 Å². The van der Waals surface area contributed by atoms with E-state index in [1.165, 1.54) is 55.2 Å². The molecule has 1 aromatic heterocycles. The number of fused-ring (bicyclic) bond motifs is 4. The molecule has 3 heteroatoms. The molecule has 11 rings (SSSR count). The van der Waals surface area contributed by atoms with E-state index in [0.29, 0.717) is 12.3 Å². The molecule has 0 radical (unpaired) electrons. The molecule has 0 bridgehead atoms. The zero-order chi connectivity index (χ0) is 45.2. The maximum Gasteiger partial charge on any atom is 0.131 e. The van der Waals surface area contributed by atoms with Crippen LogP contribution >= 0.6 is 0 Å². The van der Waals surface area contributed by atoms with Gasteiger partial charge in [0.2, 0.25) is 0 Å². The monoisotopic (exact) mass is 859 g/mol. The summed E-state index contributed by atoms with van der Waals surface area (Å²) in [6.45, 7) is 2.36. The average molecular weight is 860 g/mol. The molecule has 1 heterocycles. The van der Waals surface area contributed by atoms with Gasteiger partial charge in [-0.05, 0) is 92.9 Å². The van der Waals surface area contributed by atoms with E-state index in [1.54, 1.807) is 0 Å². The third-order valence-corrected chi connectivity index (χ3v) is 13.5. The van der Waals surface area contributed by atoms with E-state index < -0.39 is 5.41 Å². The summed E-state index contributed by atoms with van der Waals surface area (Å²) in [5, 5.41) is 4.78. The van der Waals surface area contributed by atoms with Crippen LogP contribution in [0.15, 0.2) is 260 Å². The van der Waals surface area contributed by atoms with Crippen molar-refractivity contribution in [2.45, 2.75) is 18.8 Å². The van der Waals surface area contributed by atoms with E-state index in [-0.39, 0.29) is 0 Å². The van der Waals surface area contributed by atoms with Gasteiger partial charge in [-0.25, -0.2) is 4.99 Å². The number of nitrogens with zero attached hydrogens (tertiary/aromatic N) is 2. The first kappa shape index (κ1) is 41.2. The van der Waals surface area contributed by atoms with Gasteiger partial charge < -0.3 is 10.3 Å². The average Bonchev–Trinajstić information content (AvgIpc) is 3.74. The number of nitrogens with two attached hydrogens (primary N) is 1. The Kier molecular flexibility index (Phi) is 10.9. The van der Waals surface area contributed by atoms with Gasteiger partial charge in [0.1, 0.15) is 5.84 Å². The fourth-order valence-corrected chi connectivity index (χ4v) is 10.0. The molecule has 67 heavy (non-hydrogen) atoms. The van der Waals surface area contributed by atoms with E-state index in [0.717, 1.165) is 44.4 Å². The van der Waals surface area contributed by atoms with Crippen LogP contribution in [0.25, 0.3) is 66.2 Å². The van der Waals surface area contributed by atoms with Gasteiger partial charge in [0, 0.05) is 33.0 Å². The molecule has 11 aromatic rings. The lowest BCUT2D eigenvalue weighted by atomic mass is 9.68. The highest BCUT2D eigenvalue weighted by Gasteiger charge is 2.33. The van der Waals surface area contributed by atoms with Crippen molar-refractivity contribution in [1.29, 1.82) is 0 Å². The van der Waals surface area contributed by atoms with Crippen LogP contribution in [0.2, 0.25) is 0 Å². The number of para-hydroxylation sites is 2. The zero-order valence-electron chi connectivity index (χ0n) is 37.4. The molecule has 0 saturated heterocycles. The number of aliphatic imine (C=N–C) groups is 1. The molecule has 0 amide bonds. The number of allylic oxidation sites excluding steroid dienone is 1. The normalized spacial score (nSPS) is 12.3. The van der Waals surface area contributed by atoms with Crippen molar-refractivity contribution in [2.24, 2.45) is 10.7 Å². The molecule has 0 aliphatic heterocycles. The first-order valence-electron chi connectivity index (χ1n) is 23.1. The number of amidine groups is 1. The number of aromatic nitrogens is 1. The van der Waals surface area contributed by atoms with Gasteiger partial charge in [-0.3, -0.25) is 0 Å². The van der Waals surface area contributed by atoms with Gasteiger partial charge in [-0.1, -0.05) is 231 Å². The fraction of sp³-hybridized carbons (Fsp3) is 0.0469. The second-order valence-corrected chi connectivity index (χ2v) is 17.4. The molecule has 0 aliphatic rings. The molecule has 2 N–H and O–H groups in total. The Labute approximate surface area is 392 Å². The lowest BCUT2D eigenvalue weighted by Crippen LogP contribution is -2.26. The summed E-state index contributed by atoms with van der Waals surface area (Å²) >= 11 is 0. The minimum atomic E-state index is -0.445. The fourth-order valence-electron chi connectivity index (χ4n) is 10.0. The second-order valence-electron chi connectivity index (χ2n) is 17.4. The third kappa shape index (κ3) is 7.71. The van der Waals surface area contributed by atoms with Gasteiger partial charge >= 0.3 is 0 Å². The Hall–Kier alpha value is -8.53. The topological polar surface area (TPSA) is 43.3 Å². The highest BCUT2D eigenvalue weighted by atomic mass is 15.0. The number of hydrogen-bond donors (Lipinski definition) is 1. The van der Waals surface area contributed by atoms with Crippen molar-refractivity contribution in [3.05, 3.63) is 288 Å². The van der Waals surface area contributed by atoms with Crippen molar-refractivity contribution < 1.29 is 0 Å². The molecule has 0 aliphatic carbocycles. The van der Waals surface area contributed by atoms with Crippen LogP contribution in [-0.4, -0.2) is 10.4 Å². The van der Waals surface area contributed by atoms with Crippen LogP contribution < -0.4 is 5.73 Å². The van der Waals surface area contributed by atoms with Crippen molar-refractivity contribution in [3.8, 4) is 27.9 Å². The van der Waals surface area contributed by atoms with Crippen molar-refractivity contribution in [1.82, 2.24) is 4.57 Å². The summed E-state index contributed by atoms with van der Waals surface area (Å²) in [5.41, 5.74) is 22.3. The molecule has 0 unspecified atom stereocenters. The predicted molar refractivity (Wildman–Crippen MR) is 283 cm³/mol. The van der Waals surface area contributed by atoms with E-state index in [4.69, 9.17) is 10.7 Å². The second kappa shape index (κ2) is 17.8. The molecular formula is C64H49N3. The summed E-state index contributed by atoms with van der Waals surface area (Å²) in [6.07, 6.45) is 2.89. The lowest BCUT2D eigenvalue weighted by molar-refractivity contribution is 0.693. The first-order chi connectivity index (χ1) is 33.0. The van der Waals surface area contributed by atoms with Crippen molar-refractivity contribution in [3.63, 3.8) is 0 Å². The van der Waals surface area contributed by atoms with Crippen LogP contribution in [-0.2, 0) is 11.8 Å². The Morgan fingerprint density at radius 3 is 1.58 bits per heavy atom. The third-order valence-electron chi connectivity index (χ3n) is 13.5. The minimum absolute atomic E-state index is 0.445. The highest BCUT2D eigenvalue weighted by molar-refractivity contribution is 6.09. The first-order valence-corrected chi connectivity index (χ1v) is 23.1. The van der Waals surface area contributed by atoms with Crippen LogP contribution in [0.4, 0.5) is 0 Å². The van der Waals surface area contributed by atoms with E-state index in [9.17, 15) is 0 Å². The van der Waals surface area contributed by atoms with Crippen LogP contribution in [0.3, 0.4) is 0 Å². The van der Waals surface area contributed by atoms with Crippen LogP contribution in [0, 0.1) is 0 Å². The number of benzene rings is 10. The molecule has 3 nitrogen and oxygen atoms in total. The molecule has 320 valence electrons. The summed E-state index contributed by atoms with van der Waals surface area (Å²) in [6, 6.07) is 89.0. The molecular weight excluding hydrogens is 811 g/mol. The summed E-state index contributed by atoms with van der Waals surface area (Å²) in [5.74, 6) is 0.474. The lowest BCUT2D eigenvalue weighted by Gasteiger charge is -2.34. The smallest absolute Gasteiger partial charge is 0.131 e. The summed E-state index contributed by atoms with van der Waals surface area (Å²) in [7, 11) is 0. The molecule has 10 aromatic carbocycles. The van der Waals surface area contributed by atoms with Gasteiger partial charge in [0.15, 0.2) is 0 Å². The minimum Gasteiger partial charge on any atom is -0.383 e. The van der Waals surface area contributed by atoms with Gasteiger partial charge in [0.25, 0.3) is 0 Å². The number of hydrogen-bond acceptors (Lipinski definition) is 1. The SMILES string of the molecule is CC(c1ccccc1)(c1ccccc1)c1cc(C/C=C(\N=C(/N)c2ccccc2)c2ccc(-c3ccc(-n4c5ccccc5c5ccccc54)cc3)c3ccccc23)ccc1-c1ccccc1. The Bertz CT molecular complexity index is 3490. The summed E-state index contributed by atoms with van der Waals surface area (Å²) < 4.78 is 2.36. The van der Waals surface area contributed by atoms with Gasteiger partial charge in [-0.15, -0.1) is 0 Å². The van der Waals surface area contributed by atoms with E-state index in [2.05, 4.69) is 236 Å². The molecule has 0 atom stereocenters. The van der Waals surface area contributed by atoms with Gasteiger partial charge in [-0.2, -0.15) is 0 Å².